The van der Waals surface area contributed by atoms with Gasteiger partial charge in [0.15, 0.2) is 6.61 Å². The van der Waals surface area contributed by atoms with E-state index in [1.54, 1.807) is 12.0 Å². The number of carbonyl (C=O) groups excluding carboxylic acids is 2. The molecule has 2 amide bonds. The van der Waals surface area contributed by atoms with E-state index >= 15 is 0 Å². The predicted octanol–water partition coefficient (Wildman–Crippen LogP) is 4.92. The Balaban J connectivity index is 1.90. The molecule has 1 N–H and O–H groups in total. The average molecular weight is 539 g/mol. The van der Waals surface area contributed by atoms with Crippen LogP contribution in [0.4, 0.5) is 0 Å². The van der Waals surface area contributed by atoms with E-state index < -0.39 is 6.04 Å². The molecule has 0 heterocycles. The lowest BCUT2D eigenvalue weighted by Gasteiger charge is -2.31. The Kier molecular flexibility index (Phi) is 9.73. The van der Waals surface area contributed by atoms with Crippen LogP contribution in [-0.4, -0.2) is 43.0 Å². The van der Waals surface area contributed by atoms with Crippen molar-refractivity contribution in [3.8, 4) is 11.5 Å². The first-order valence-electron chi connectivity index (χ1n) is 11.5. The first-order valence-corrected chi connectivity index (χ1v) is 12.3. The van der Waals surface area contributed by atoms with Gasteiger partial charge in [-0.3, -0.25) is 9.59 Å². The van der Waals surface area contributed by atoms with E-state index in [2.05, 4.69) is 21.2 Å². The lowest BCUT2D eigenvalue weighted by atomic mass is 10.0. The molecular weight excluding hydrogens is 508 g/mol. The monoisotopic (exact) mass is 538 g/mol. The van der Waals surface area contributed by atoms with Crippen LogP contribution in [0.1, 0.15) is 23.6 Å². The second-order valence-electron chi connectivity index (χ2n) is 8.17. The number of likely N-dealkylation sites (N-methyl/N-ethyl adjacent to an activating group) is 1. The van der Waals surface area contributed by atoms with Gasteiger partial charge in [0.05, 0.1) is 7.11 Å². The van der Waals surface area contributed by atoms with Crippen molar-refractivity contribution in [2.24, 2.45) is 0 Å². The minimum Gasteiger partial charge on any atom is -0.497 e. The highest BCUT2D eigenvalue weighted by molar-refractivity contribution is 9.10. The smallest absolute Gasteiger partial charge is 0.261 e. The summed E-state index contributed by atoms with van der Waals surface area (Å²) in [6.07, 6.45) is 0.389. The van der Waals surface area contributed by atoms with Gasteiger partial charge in [-0.1, -0.05) is 58.4 Å². The zero-order valence-corrected chi connectivity index (χ0v) is 21.9. The molecule has 1 atom stereocenters. The lowest BCUT2D eigenvalue weighted by molar-refractivity contribution is -0.142. The van der Waals surface area contributed by atoms with Crippen molar-refractivity contribution in [3.63, 3.8) is 0 Å². The van der Waals surface area contributed by atoms with Gasteiger partial charge in [-0.15, -0.1) is 0 Å². The molecule has 0 aromatic heterocycles. The number of benzene rings is 3. The van der Waals surface area contributed by atoms with Crippen molar-refractivity contribution < 1.29 is 19.1 Å². The molecule has 0 aliphatic heterocycles. The quantitative estimate of drug-likeness (QED) is 0.376. The number of methoxy groups -OCH3 is 1. The third kappa shape index (κ3) is 7.59. The highest BCUT2D eigenvalue weighted by Crippen LogP contribution is 2.22. The molecule has 3 aromatic rings. The van der Waals surface area contributed by atoms with Crippen LogP contribution in [0, 0.1) is 6.92 Å². The second kappa shape index (κ2) is 13.0. The van der Waals surface area contributed by atoms with Gasteiger partial charge in [0.1, 0.15) is 17.5 Å². The molecular formula is C28H31BrN2O4. The maximum atomic E-state index is 13.5. The molecule has 0 bridgehead atoms. The van der Waals surface area contributed by atoms with E-state index in [4.69, 9.17) is 9.47 Å². The Bertz CT molecular complexity index is 1140. The molecule has 0 aliphatic carbocycles. The second-order valence-corrected chi connectivity index (χ2v) is 9.03. The van der Waals surface area contributed by atoms with Gasteiger partial charge in [0.25, 0.3) is 5.91 Å². The third-order valence-corrected chi connectivity index (χ3v) is 6.49. The minimum absolute atomic E-state index is 0.185. The summed E-state index contributed by atoms with van der Waals surface area (Å²) in [4.78, 5) is 28.3. The van der Waals surface area contributed by atoms with Gasteiger partial charge >= 0.3 is 0 Å². The molecule has 0 saturated heterocycles. The van der Waals surface area contributed by atoms with E-state index in [-0.39, 0.29) is 25.0 Å². The Morgan fingerprint density at radius 2 is 1.71 bits per heavy atom. The van der Waals surface area contributed by atoms with Crippen LogP contribution in [0.15, 0.2) is 77.3 Å². The number of ether oxygens (including phenoxy) is 2. The van der Waals surface area contributed by atoms with Crippen LogP contribution < -0.4 is 14.8 Å². The number of hydrogen-bond donors (Lipinski definition) is 1. The Hall–Kier alpha value is -3.32. The van der Waals surface area contributed by atoms with Gasteiger partial charge in [0, 0.05) is 24.0 Å². The van der Waals surface area contributed by atoms with Crippen LogP contribution in [0.25, 0.3) is 0 Å². The first kappa shape index (κ1) is 26.3. The van der Waals surface area contributed by atoms with Crippen molar-refractivity contribution >= 4 is 27.7 Å². The number of carbonyl (C=O) groups is 2. The van der Waals surface area contributed by atoms with Crippen molar-refractivity contribution in [1.29, 1.82) is 0 Å². The molecule has 7 heteroatoms. The number of hydrogen-bond acceptors (Lipinski definition) is 4. The Morgan fingerprint density at radius 1 is 0.971 bits per heavy atom. The predicted molar refractivity (Wildman–Crippen MR) is 141 cm³/mol. The molecule has 0 unspecified atom stereocenters. The Morgan fingerprint density at radius 3 is 2.40 bits per heavy atom. The standard InChI is InChI=1S/C28H31BrN2O4/c1-4-30-28(33)26(17-21-9-6-5-7-10-21)31(18-22-11-8-12-23(16-22)34-3)27(32)19-35-24-13-14-25(29)20(2)15-24/h5-16,26H,4,17-19H2,1-3H3,(H,30,33)/t26-/m0/s1. The topological polar surface area (TPSA) is 67.9 Å². The fourth-order valence-electron chi connectivity index (χ4n) is 3.75. The first-order chi connectivity index (χ1) is 16.9. The van der Waals surface area contributed by atoms with Gasteiger partial charge in [-0.25, -0.2) is 0 Å². The average Bonchev–Trinajstić information content (AvgIpc) is 2.87. The number of nitrogens with zero attached hydrogens (tertiary/aromatic N) is 1. The van der Waals surface area contributed by atoms with Crippen LogP contribution >= 0.6 is 15.9 Å². The van der Waals surface area contributed by atoms with Gasteiger partial charge in [-0.05, 0) is 60.9 Å². The lowest BCUT2D eigenvalue weighted by Crippen LogP contribution is -2.51. The molecule has 3 aromatic carbocycles. The molecule has 0 fully saturated rings. The summed E-state index contributed by atoms with van der Waals surface area (Å²) < 4.78 is 12.2. The molecule has 6 nitrogen and oxygen atoms in total. The van der Waals surface area contributed by atoms with Crippen molar-refractivity contribution in [3.05, 3.63) is 94.0 Å². The summed E-state index contributed by atoms with van der Waals surface area (Å²) in [5.74, 6) is 0.805. The van der Waals surface area contributed by atoms with E-state index in [1.807, 2.05) is 86.6 Å². The fourth-order valence-corrected chi connectivity index (χ4v) is 4.00. The van der Waals surface area contributed by atoms with E-state index in [9.17, 15) is 9.59 Å². The van der Waals surface area contributed by atoms with Crippen molar-refractivity contribution in [2.75, 3.05) is 20.3 Å². The third-order valence-electron chi connectivity index (χ3n) is 5.60. The minimum atomic E-state index is -0.702. The van der Waals surface area contributed by atoms with Crippen molar-refractivity contribution in [1.82, 2.24) is 10.2 Å². The van der Waals surface area contributed by atoms with Gasteiger partial charge < -0.3 is 19.7 Å². The summed E-state index contributed by atoms with van der Waals surface area (Å²) in [5.41, 5.74) is 2.84. The fraction of sp³-hybridized carbons (Fsp3) is 0.286. The maximum Gasteiger partial charge on any atom is 0.261 e. The summed E-state index contributed by atoms with van der Waals surface area (Å²) in [6.45, 7) is 4.35. The molecule has 3 rings (SSSR count). The zero-order valence-electron chi connectivity index (χ0n) is 20.3. The molecule has 184 valence electrons. The number of nitrogens with one attached hydrogen (secondary N) is 1. The van der Waals surface area contributed by atoms with E-state index in [1.165, 1.54) is 0 Å². The van der Waals surface area contributed by atoms with E-state index in [0.717, 1.165) is 21.2 Å². The summed E-state index contributed by atoms with van der Waals surface area (Å²) >= 11 is 3.48. The highest BCUT2D eigenvalue weighted by atomic mass is 79.9. The summed E-state index contributed by atoms with van der Waals surface area (Å²) in [6, 6.07) is 22.1. The van der Waals surface area contributed by atoms with Crippen LogP contribution in [0.3, 0.4) is 0 Å². The van der Waals surface area contributed by atoms with Crippen LogP contribution in [-0.2, 0) is 22.6 Å². The van der Waals surface area contributed by atoms with E-state index in [0.29, 0.717) is 24.5 Å². The maximum absolute atomic E-state index is 13.5. The normalized spacial score (nSPS) is 11.4. The largest absolute Gasteiger partial charge is 0.497 e. The summed E-state index contributed by atoms with van der Waals surface area (Å²) in [5, 5.41) is 2.89. The molecule has 0 spiro atoms. The van der Waals surface area contributed by atoms with Gasteiger partial charge in [-0.2, -0.15) is 0 Å². The van der Waals surface area contributed by atoms with Crippen LogP contribution in [0.5, 0.6) is 11.5 Å². The van der Waals surface area contributed by atoms with Crippen molar-refractivity contribution in [2.45, 2.75) is 32.9 Å². The molecule has 0 saturated carbocycles. The molecule has 0 aliphatic rings. The number of rotatable bonds is 11. The zero-order chi connectivity index (χ0) is 25.2. The molecule has 0 radical (unpaired) electrons. The summed E-state index contributed by atoms with van der Waals surface area (Å²) in [7, 11) is 1.60. The van der Waals surface area contributed by atoms with Gasteiger partial charge in [0.2, 0.25) is 5.91 Å². The number of amides is 2. The SMILES string of the molecule is CCNC(=O)[C@H](Cc1ccccc1)N(Cc1cccc(OC)c1)C(=O)COc1ccc(Br)c(C)c1. The number of halogens is 1. The number of aryl methyl sites for hydroxylation is 1. The van der Waals surface area contributed by atoms with Crippen LogP contribution in [0.2, 0.25) is 0 Å². The molecule has 35 heavy (non-hydrogen) atoms. The Labute approximate surface area is 215 Å². The highest BCUT2D eigenvalue weighted by Gasteiger charge is 2.30.